The summed E-state index contributed by atoms with van der Waals surface area (Å²) in [6.07, 6.45) is -3.85. The number of alkyl halides is 3. The molecule has 1 atom stereocenters. The van der Waals surface area contributed by atoms with Gasteiger partial charge in [-0.2, -0.15) is 13.2 Å². The van der Waals surface area contributed by atoms with Crippen LogP contribution in [-0.2, 0) is 9.31 Å². The van der Waals surface area contributed by atoms with Crippen LogP contribution in [0.15, 0.2) is 24.3 Å². The molecule has 1 amide bonds. The molecule has 2 fully saturated rings. The number of amides is 1. The van der Waals surface area contributed by atoms with E-state index in [4.69, 9.17) is 9.31 Å². The maximum atomic E-state index is 13.0. The third kappa shape index (κ3) is 4.01. The van der Waals surface area contributed by atoms with E-state index < -0.39 is 30.4 Å². The number of rotatable bonds is 2. The van der Waals surface area contributed by atoms with E-state index in [1.807, 2.05) is 27.7 Å². The smallest absolute Gasteiger partial charge is 0.399 e. The van der Waals surface area contributed by atoms with E-state index >= 15 is 0 Å². The van der Waals surface area contributed by atoms with Crippen LogP contribution < -0.4 is 5.46 Å². The maximum absolute atomic E-state index is 13.0. The van der Waals surface area contributed by atoms with Gasteiger partial charge in [-0.25, -0.2) is 0 Å². The molecular weight excluding hydrogens is 358 g/mol. The molecule has 2 aliphatic heterocycles. The summed E-state index contributed by atoms with van der Waals surface area (Å²) in [4.78, 5) is 14.1. The van der Waals surface area contributed by atoms with Crippen molar-refractivity contribution >= 4 is 18.5 Å². The normalized spacial score (nSPS) is 24.9. The molecule has 1 aromatic carbocycles. The van der Waals surface area contributed by atoms with Crippen LogP contribution in [0.1, 0.15) is 50.9 Å². The zero-order valence-corrected chi connectivity index (χ0v) is 16.1. The third-order valence-electron chi connectivity index (χ3n) is 5.83. The second-order valence-corrected chi connectivity index (χ2v) is 8.35. The van der Waals surface area contributed by atoms with Crippen LogP contribution in [0, 0.1) is 5.92 Å². The Morgan fingerprint density at radius 2 is 1.81 bits per heavy atom. The number of carbonyl (C=O) groups is 1. The van der Waals surface area contributed by atoms with Gasteiger partial charge in [-0.15, -0.1) is 0 Å². The van der Waals surface area contributed by atoms with E-state index in [1.165, 1.54) is 4.90 Å². The van der Waals surface area contributed by atoms with E-state index in [0.717, 1.165) is 0 Å². The number of benzene rings is 1. The third-order valence-corrected chi connectivity index (χ3v) is 5.83. The standard InChI is InChI=1S/C19H25BF3NO3/c1-17(2)18(3,4)27-20(26-17)15-9-5-7-13(11-15)16(25)24-10-6-8-14(12-24)19(21,22)23/h5,7,9,11,14H,6,8,10,12H2,1-4H3. The van der Waals surface area contributed by atoms with Crippen molar-refractivity contribution < 1.29 is 27.3 Å². The van der Waals surface area contributed by atoms with Crippen molar-refractivity contribution in [3.8, 4) is 0 Å². The molecule has 148 valence electrons. The fourth-order valence-electron chi connectivity index (χ4n) is 3.41. The van der Waals surface area contributed by atoms with Crippen molar-refractivity contribution in [3.05, 3.63) is 29.8 Å². The molecule has 1 unspecified atom stereocenters. The Morgan fingerprint density at radius 3 is 2.41 bits per heavy atom. The van der Waals surface area contributed by atoms with Crippen molar-refractivity contribution in [2.24, 2.45) is 5.92 Å². The maximum Gasteiger partial charge on any atom is 0.494 e. The Morgan fingerprint density at radius 1 is 1.19 bits per heavy atom. The molecule has 0 saturated carbocycles. The molecule has 0 radical (unpaired) electrons. The number of carbonyl (C=O) groups excluding carboxylic acids is 1. The Bertz CT molecular complexity index is 704. The van der Waals surface area contributed by atoms with Crippen molar-refractivity contribution in [2.75, 3.05) is 13.1 Å². The Labute approximate surface area is 158 Å². The fraction of sp³-hybridized carbons (Fsp3) is 0.632. The predicted molar refractivity (Wildman–Crippen MR) is 96.8 cm³/mol. The Kier molecular flexibility index (Phi) is 5.10. The van der Waals surface area contributed by atoms with Gasteiger partial charge >= 0.3 is 13.3 Å². The lowest BCUT2D eigenvalue weighted by atomic mass is 9.78. The van der Waals surface area contributed by atoms with Gasteiger partial charge < -0.3 is 14.2 Å². The molecule has 0 aromatic heterocycles. The summed E-state index contributed by atoms with van der Waals surface area (Å²) in [6, 6.07) is 6.78. The highest BCUT2D eigenvalue weighted by atomic mass is 19.4. The summed E-state index contributed by atoms with van der Waals surface area (Å²) >= 11 is 0. The first kappa shape index (κ1) is 20.2. The number of piperidine rings is 1. The minimum absolute atomic E-state index is 0.0707. The molecule has 2 saturated heterocycles. The first-order chi connectivity index (χ1) is 12.4. The van der Waals surface area contributed by atoms with Gasteiger partial charge in [0.25, 0.3) is 5.91 Å². The summed E-state index contributed by atoms with van der Waals surface area (Å²) in [7, 11) is -0.618. The van der Waals surface area contributed by atoms with Crippen molar-refractivity contribution in [1.82, 2.24) is 4.90 Å². The molecule has 0 aliphatic carbocycles. The molecule has 0 N–H and O–H groups in total. The van der Waals surface area contributed by atoms with Crippen molar-refractivity contribution in [2.45, 2.75) is 57.9 Å². The van der Waals surface area contributed by atoms with Gasteiger partial charge in [-0.1, -0.05) is 12.1 Å². The molecule has 2 aliphatic rings. The molecule has 1 aromatic rings. The van der Waals surface area contributed by atoms with Crippen LogP contribution in [0.5, 0.6) is 0 Å². The first-order valence-corrected chi connectivity index (χ1v) is 9.22. The van der Waals surface area contributed by atoms with Gasteiger partial charge in [0.05, 0.1) is 17.1 Å². The number of halogens is 3. The molecule has 0 spiro atoms. The molecule has 27 heavy (non-hydrogen) atoms. The number of likely N-dealkylation sites (tertiary alicyclic amines) is 1. The van der Waals surface area contributed by atoms with Crippen LogP contribution in [0.4, 0.5) is 13.2 Å². The summed E-state index contributed by atoms with van der Waals surface area (Å²) in [5.74, 6) is -1.84. The predicted octanol–water partition coefficient (Wildman–Crippen LogP) is 3.40. The molecule has 8 heteroatoms. The molecule has 0 bridgehead atoms. The largest absolute Gasteiger partial charge is 0.494 e. The highest BCUT2D eigenvalue weighted by Gasteiger charge is 2.51. The summed E-state index contributed by atoms with van der Waals surface area (Å²) in [6.45, 7) is 7.80. The van der Waals surface area contributed by atoms with E-state index in [-0.39, 0.29) is 18.9 Å². The molecule has 4 nitrogen and oxygen atoms in total. The lowest BCUT2D eigenvalue weighted by Crippen LogP contribution is -2.45. The lowest BCUT2D eigenvalue weighted by molar-refractivity contribution is -0.184. The molecule has 2 heterocycles. The quantitative estimate of drug-likeness (QED) is 0.735. The minimum atomic E-state index is -4.27. The summed E-state index contributed by atoms with van der Waals surface area (Å²) < 4.78 is 51.1. The topological polar surface area (TPSA) is 38.8 Å². The van der Waals surface area contributed by atoms with Crippen molar-refractivity contribution in [1.29, 1.82) is 0 Å². The first-order valence-electron chi connectivity index (χ1n) is 9.22. The number of hydrogen-bond donors (Lipinski definition) is 0. The summed E-state index contributed by atoms with van der Waals surface area (Å²) in [5.41, 5.74) is 0.0171. The lowest BCUT2D eigenvalue weighted by Gasteiger charge is -2.33. The van der Waals surface area contributed by atoms with E-state index in [9.17, 15) is 18.0 Å². The molecule has 3 rings (SSSR count). The summed E-state index contributed by atoms with van der Waals surface area (Å²) in [5, 5.41) is 0. The second kappa shape index (κ2) is 6.81. The van der Waals surface area contributed by atoms with E-state index in [2.05, 4.69) is 0 Å². The second-order valence-electron chi connectivity index (χ2n) is 8.35. The van der Waals surface area contributed by atoms with Gasteiger partial charge in [0.2, 0.25) is 0 Å². The van der Waals surface area contributed by atoms with Crippen molar-refractivity contribution in [3.63, 3.8) is 0 Å². The van der Waals surface area contributed by atoms with Gasteiger partial charge in [-0.3, -0.25) is 4.79 Å². The van der Waals surface area contributed by atoms with Gasteiger partial charge in [0.1, 0.15) is 0 Å². The van der Waals surface area contributed by atoms with Crippen LogP contribution in [0.3, 0.4) is 0 Å². The van der Waals surface area contributed by atoms with Gasteiger partial charge in [-0.05, 0) is 58.1 Å². The van der Waals surface area contributed by atoms with Crippen LogP contribution in [0.2, 0.25) is 0 Å². The Hall–Kier alpha value is -1.54. The van der Waals surface area contributed by atoms with Gasteiger partial charge in [0, 0.05) is 18.7 Å². The highest BCUT2D eigenvalue weighted by Crippen LogP contribution is 2.37. The van der Waals surface area contributed by atoms with E-state index in [0.29, 0.717) is 24.0 Å². The average Bonchev–Trinajstić information content (AvgIpc) is 2.81. The van der Waals surface area contributed by atoms with Crippen LogP contribution >= 0.6 is 0 Å². The number of nitrogens with zero attached hydrogens (tertiary/aromatic N) is 1. The molecular formula is C19H25BF3NO3. The SMILES string of the molecule is CC1(C)OB(c2cccc(C(=O)N3CCCC(C(F)(F)F)C3)c2)OC1(C)C. The van der Waals surface area contributed by atoms with Crippen LogP contribution in [0.25, 0.3) is 0 Å². The zero-order chi connectivity index (χ0) is 20.0. The van der Waals surface area contributed by atoms with Crippen LogP contribution in [-0.4, -0.2) is 48.4 Å². The fourth-order valence-corrected chi connectivity index (χ4v) is 3.41. The Balaban J connectivity index is 1.77. The highest BCUT2D eigenvalue weighted by molar-refractivity contribution is 6.62. The van der Waals surface area contributed by atoms with E-state index in [1.54, 1.807) is 24.3 Å². The zero-order valence-electron chi connectivity index (χ0n) is 16.1. The monoisotopic (exact) mass is 383 g/mol. The van der Waals surface area contributed by atoms with Gasteiger partial charge in [0.15, 0.2) is 0 Å². The number of hydrogen-bond acceptors (Lipinski definition) is 3. The minimum Gasteiger partial charge on any atom is -0.399 e. The average molecular weight is 383 g/mol.